The van der Waals surface area contributed by atoms with Crippen molar-refractivity contribution in [2.75, 3.05) is 0 Å². The minimum Gasteiger partial charge on any atom is -0.384 e. The summed E-state index contributed by atoms with van der Waals surface area (Å²) in [5.74, 6) is 0.458. The summed E-state index contributed by atoms with van der Waals surface area (Å²) < 4.78 is 0.762. The molecule has 0 spiro atoms. The molecule has 0 heterocycles. The van der Waals surface area contributed by atoms with E-state index in [1.165, 1.54) is 0 Å². The lowest BCUT2D eigenvalue weighted by Crippen LogP contribution is -1.93. The van der Waals surface area contributed by atoms with Crippen molar-refractivity contribution in [3.63, 3.8) is 0 Å². The number of nitrogens with two attached hydrogens (primary N) is 1. The number of allylic oxidation sites excluding steroid dienone is 2. The zero-order chi connectivity index (χ0) is 7.28. The van der Waals surface area contributed by atoms with Crippen molar-refractivity contribution < 1.29 is 0 Å². The zero-order valence-electron chi connectivity index (χ0n) is 5.26. The van der Waals surface area contributed by atoms with E-state index in [-0.39, 0.29) is 0 Å². The third-order valence-corrected chi connectivity index (χ3v) is 0.749. The molecule has 0 rings (SSSR count). The summed E-state index contributed by atoms with van der Waals surface area (Å²) in [6.45, 7) is 5.28. The molecule has 0 aromatic heterocycles. The molecule has 3 heteroatoms. The standard InChI is InChI=1S/C6H9BrN2/c1-3-4-6(8)9-5(2)7/h3-4H,1,8H2,2H3/b6-4-,9-5+. The largest absolute Gasteiger partial charge is 0.384 e. The first-order valence-electron chi connectivity index (χ1n) is 2.46. The van der Waals surface area contributed by atoms with Crippen LogP contribution in [0.4, 0.5) is 0 Å². The monoisotopic (exact) mass is 188 g/mol. The SMILES string of the molecule is C=C/C=C(N)\N=C(/C)Br. The molecule has 0 atom stereocenters. The van der Waals surface area contributed by atoms with Crippen LogP contribution in [0.3, 0.4) is 0 Å². The fourth-order valence-electron chi connectivity index (χ4n) is 0.336. The van der Waals surface area contributed by atoms with Gasteiger partial charge >= 0.3 is 0 Å². The maximum Gasteiger partial charge on any atom is 0.124 e. The fourth-order valence-corrected chi connectivity index (χ4v) is 0.541. The van der Waals surface area contributed by atoms with Crippen LogP contribution in [0, 0.1) is 0 Å². The first-order chi connectivity index (χ1) is 4.16. The predicted molar refractivity (Wildman–Crippen MR) is 44.5 cm³/mol. The van der Waals surface area contributed by atoms with E-state index >= 15 is 0 Å². The van der Waals surface area contributed by atoms with Gasteiger partial charge in [-0.2, -0.15) is 0 Å². The van der Waals surface area contributed by atoms with Crippen LogP contribution in [-0.2, 0) is 0 Å². The van der Waals surface area contributed by atoms with Gasteiger partial charge in [0.05, 0.1) is 4.62 Å². The van der Waals surface area contributed by atoms with Crippen LogP contribution in [0.2, 0.25) is 0 Å². The number of aliphatic imine (C=N–C) groups is 1. The molecule has 0 fully saturated rings. The highest BCUT2D eigenvalue weighted by atomic mass is 79.9. The average Bonchev–Trinajstić information content (AvgIpc) is 1.63. The third-order valence-electron chi connectivity index (χ3n) is 0.572. The van der Waals surface area contributed by atoms with Gasteiger partial charge in [0, 0.05) is 0 Å². The molecule has 0 unspecified atom stereocenters. The topological polar surface area (TPSA) is 38.4 Å². The van der Waals surface area contributed by atoms with Crippen molar-refractivity contribution in [3.8, 4) is 0 Å². The Hall–Kier alpha value is -0.570. The van der Waals surface area contributed by atoms with Gasteiger partial charge in [-0.15, -0.1) is 0 Å². The van der Waals surface area contributed by atoms with Gasteiger partial charge in [0.25, 0.3) is 0 Å². The molecule has 0 amide bonds. The van der Waals surface area contributed by atoms with Crippen LogP contribution in [0.1, 0.15) is 6.92 Å². The number of hydrogen-bond donors (Lipinski definition) is 1. The van der Waals surface area contributed by atoms with E-state index in [9.17, 15) is 0 Å². The number of halogens is 1. The Morgan fingerprint density at radius 2 is 2.33 bits per heavy atom. The molecular formula is C6H9BrN2. The fraction of sp³-hybridized carbons (Fsp3) is 0.167. The van der Waals surface area contributed by atoms with Gasteiger partial charge in [0.15, 0.2) is 0 Å². The van der Waals surface area contributed by atoms with Crippen LogP contribution in [-0.4, -0.2) is 4.62 Å². The Morgan fingerprint density at radius 1 is 1.78 bits per heavy atom. The van der Waals surface area contributed by atoms with E-state index in [1.807, 2.05) is 6.92 Å². The summed E-state index contributed by atoms with van der Waals surface area (Å²) in [5, 5.41) is 0. The predicted octanol–water partition coefficient (Wildman–Crippen LogP) is 1.79. The molecule has 0 radical (unpaired) electrons. The second-order valence-electron chi connectivity index (χ2n) is 1.44. The van der Waals surface area contributed by atoms with Crippen molar-refractivity contribution in [1.29, 1.82) is 0 Å². The Labute approximate surface area is 63.3 Å². The smallest absolute Gasteiger partial charge is 0.124 e. The zero-order valence-corrected chi connectivity index (χ0v) is 6.85. The molecule has 0 bridgehead atoms. The van der Waals surface area contributed by atoms with E-state index in [4.69, 9.17) is 5.73 Å². The normalized spacial score (nSPS) is 13.6. The Bertz CT molecular complexity index is 154. The van der Waals surface area contributed by atoms with Crippen LogP contribution in [0.5, 0.6) is 0 Å². The lowest BCUT2D eigenvalue weighted by molar-refractivity contribution is 1.25. The maximum atomic E-state index is 5.36. The maximum absolute atomic E-state index is 5.36. The molecule has 0 aliphatic rings. The molecule has 2 N–H and O–H groups in total. The van der Waals surface area contributed by atoms with Gasteiger partial charge in [0.2, 0.25) is 0 Å². The second kappa shape index (κ2) is 4.32. The second-order valence-corrected chi connectivity index (χ2v) is 2.58. The van der Waals surface area contributed by atoms with Gasteiger partial charge in [-0.25, -0.2) is 4.99 Å². The van der Waals surface area contributed by atoms with Gasteiger partial charge in [-0.1, -0.05) is 12.7 Å². The van der Waals surface area contributed by atoms with Crippen molar-refractivity contribution in [1.82, 2.24) is 0 Å². The van der Waals surface area contributed by atoms with Gasteiger partial charge in [0.1, 0.15) is 5.82 Å². The summed E-state index contributed by atoms with van der Waals surface area (Å²) in [7, 11) is 0. The van der Waals surface area contributed by atoms with E-state index in [0.717, 1.165) is 4.62 Å². The van der Waals surface area contributed by atoms with Crippen LogP contribution >= 0.6 is 15.9 Å². The minimum atomic E-state index is 0.458. The Morgan fingerprint density at radius 3 is 2.67 bits per heavy atom. The van der Waals surface area contributed by atoms with Crippen LogP contribution in [0.15, 0.2) is 29.5 Å². The molecule has 50 valence electrons. The van der Waals surface area contributed by atoms with E-state index in [2.05, 4.69) is 27.5 Å². The van der Waals surface area contributed by atoms with Crippen molar-refractivity contribution in [3.05, 3.63) is 24.6 Å². The van der Waals surface area contributed by atoms with Crippen LogP contribution < -0.4 is 5.73 Å². The molecule has 9 heavy (non-hydrogen) atoms. The molecule has 0 aromatic rings. The lowest BCUT2D eigenvalue weighted by Gasteiger charge is -1.88. The van der Waals surface area contributed by atoms with E-state index in [1.54, 1.807) is 12.2 Å². The van der Waals surface area contributed by atoms with E-state index < -0.39 is 0 Å². The number of rotatable bonds is 2. The van der Waals surface area contributed by atoms with Crippen molar-refractivity contribution in [2.24, 2.45) is 10.7 Å². The molecule has 0 aliphatic heterocycles. The first kappa shape index (κ1) is 8.43. The number of nitrogens with zero attached hydrogens (tertiary/aromatic N) is 1. The van der Waals surface area contributed by atoms with Crippen LogP contribution in [0.25, 0.3) is 0 Å². The molecule has 0 aromatic carbocycles. The third kappa shape index (κ3) is 5.30. The molecule has 0 aliphatic carbocycles. The van der Waals surface area contributed by atoms with Gasteiger partial charge < -0.3 is 5.73 Å². The Balaban J connectivity index is 4.05. The quantitative estimate of drug-likeness (QED) is 0.521. The highest BCUT2D eigenvalue weighted by molar-refractivity contribution is 9.18. The van der Waals surface area contributed by atoms with Crippen molar-refractivity contribution in [2.45, 2.75) is 6.92 Å². The van der Waals surface area contributed by atoms with Gasteiger partial charge in [-0.3, -0.25) is 0 Å². The average molecular weight is 189 g/mol. The first-order valence-corrected chi connectivity index (χ1v) is 3.25. The molecule has 2 nitrogen and oxygen atoms in total. The number of hydrogen-bond acceptors (Lipinski definition) is 2. The van der Waals surface area contributed by atoms with Gasteiger partial charge in [-0.05, 0) is 28.9 Å². The highest BCUT2D eigenvalue weighted by Gasteiger charge is 1.81. The summed E-state index contributed by atoms with van der Waals surface area (Å²) in [6.07, 6.45) is 3.22. The summed E-state index contributed by atoms with van der Waals surface area (Å²) in [4.78, 5) is 3.87. The van der Waals surface area contributed by atoms with E-state index in [0.29, 0.717) is 5.82 Å². The summed E-state index contributed by atoms with van der Waals surface area (Å²) in [5.41, 5.74) is 5.36. The highest BCUT2D eigenvalue weighted by Crippen LogP contribution is 1.93. The lowest BCUT2D eigenvalue weighted by atomic mass is 10.5. The summed E-state index contributed by atoms with van der Waals surface area (Å²) in [6, 6.07) is 0. The Kier molecular flexibility index (Phi) is 4.05. The summed E-state index contributed by atoms with van der Waals surface area (Å²) >= 11 is 3.14. The minimum absolute atomic E-state index is 0.458. The molecule has 0 saturated carbocycles. The van der Waals surface area contributed by atoms with Crippen molar-refractivity contribution >= 4 is 20.6 Å². The molecular weight excluding hydrogens is 180 g/mol. The molecule has 0 saturated heterocycles.